The maximum atomic E-state index is 12.4. The number of amides is 2. The van der Waals surface area contributed by atoms with E-state index in [0.29, 0.717) is 19.0 Å². The zero-order chi connectivity index (χ0) is 14.8. The molecule has 1 aromatic rings. The molecule has 112 valence electrons. The number of fused-ring (bicyclic) bond motifs is 1. The van der Waals surface area contributed by atoms with Gasteiger partial charge >= 0.3 is 0 Å². The summed E-state index contributed by atoms with van der Waals surface area (Å²) in [4.78, 5) is 26.4. The van der Waals surface area contributed by atoms with Gasteiger partial charge < -0.3 is 10.2 Å². The van der Waals surface area contributed by atoms with Crippen LogP contribution in [0.2, 0.25) is 0 Å². The van der Waals surface area contributed by atoms with Crippen molar-refractivity contribution in [2.75, 3.05) is 0 Å². The number of nitrogens with zero attached hydrogens (tertiary/aromatic N) is 1. The molecule has 1 aromatic carbocycles. The van der Waals surface area contributed by atoms with Gasteiger partial charge in [0.2, 0.25) is 11.8 Å². The molecule has 1 heterocycles. The Bertz CT molecular complexity index is 529. The van der Waals surface area contributed by atoms with E-state index >= 15 is 0 Å². The van der Waals surface area contributed by atoms with Gasteiger partial charge in [-0.2, -0.15) is 0 Å². The zero-order valence-electron chi connectivity index (χ0n) is 12.4. The van der Waals surface area contributed by atoms with Gasteiger partial charge in [-0.1, -0.05) is 43.7 Å². The van der Waals surface area contributed by atoms with Crippen LogP contribution in [-0.4, -0.2) is 28.8 Å². The zero-order valence-corrected chi connectivity index (χ0v) is 12.4. The molecular weight excluding hydrogens is 264 g/mol. The molecule has 0 radical (unpaired) electrons. The summed E-state index contributed by atoms with van der Waals surface area (Å²) in [6.45, 7) is 2.49. The molecule has 2 amide bonds. The van der Waals surface area contributed by atoms with Crippen LogP contribution >= 0.6 is 0 Å². The predicted molar refractivity (Wildman–Crippen MR) is 80.3 cm³/mol. The van der Waals surface area contributed by atoms with Crippen molar-refractivity contribution in [2.24, 2.45) is 5.92 Å². The molecule has 21 heavy (non-hydrogen) atoms. The summed E-state index contributed by atoms with van der Waals surface area (Å²) in [6, 6.07) is 9.86. The second-order valence-electron chi connectivity index (χ2n) is 5.98. The van der Waals surface area contributed by atoms with Crippen molar-refractivity contribution in [3.8, 4) is 0 Å². The van der Waals surface area contributed by atoms with Gasteiger partial charge in [0.15, 0.2) is 0 Å². The Hall–Kier alpha value is -1.84. The van der Waals surface area contributed by atoms with Crippen molar-refractivity contribution >= 4 is 11.8 Å². The molecule has 1 saturated carbocycles. The lowest BCUT2D eigenvalue weighted by Gasteiger charge is -2.47. The number of benzene rings is 1. The molecule has 3 rings (SSSR count). The van der Waals surface area contributed by atoms with Crippen LogP contribution in [0.3, 0.4) is 0 Å². The number of likely N-dealkylation sites (tertiary alicyclic amines) is 1. The van der Waals surface area contributed by atoms with E-state index < -0.39 is 0 Å². The van der Waals surface area contributed by atoms with Crippen LogP contribution in [0.5, 0.6) is 0 Å². The monoisotopic (exact) mass is 286 g/mol. The molecule has 4 heteroatoms. The summed E-state index contributed by atoms with van der Waals surface area (Å²) in [7, 11) is 0. The van der Waals surface area contributed by atoms with Crippen LogP contribution in [0, 0.1) is 5.92 Å². The van der Waals surface area contributed by atoms with E-state index in [1.165, 1.54) is 0 Å². The van der Waals surface area contributed by atoms with Crippen LogP contribution in [0.25, 0.3) is 0 Å². The van der Waals surface area contributed by atoms with Gasteiger partial charge in [-0.15, -0.1) is 0 Å². The SMILES string of the molecule is CCC(C(=O)NCc1ccccc1)N1C(=O)[C@@H]2CCC[C@@H]21. The Morgan fingerprint density at radius 1 is 1.33 bits per heavy atom. The van der Waals surface area contributed by atoms with E-state index in [1.54, 1.807) is 0 Å². The number of hydrogen-bond acceptors (Lipinski definition) is 2. The van der Waals surface area contributed by atoms with Crippen LogP contribution < -0.4 is 5.32 Å². The molecule has 2 aliphatic rings. The summed E-state index contributed by atoms with van der Waals surface area (Å²) in [5, 5.41) is 2.97. The van der Waals surface area contributed by atoms with Gasteiger partial charge in [0.1, 0.15) is 6.04 Å². The second kappa shape index (κ2) is 5.88. The standard InChI is InChI=1S/C17H22N2O2/c1-2-14(19-15-10-6-9-13(15)17(19)21)16(20)18-11-12-7-4-3-5-8-12/h3-5,7-8,13-15H,2,6,9-11H2,1H3,(H,18,20)/t13-,14?,15+/m1/s1. The third kappa shape index (κ3) is 2.55. The van der Waals surface area contributed by atoms with E-state index in [9.17, 15) is 9.59 Å². The van der Waals surface area contributed by atoms with Gasteiger partial charge in [-0.05, 0) is 24.8 Å². The summed E-state index contributed by atoms with van der Waals surface area (Å²) in [5.74, 6) is 0.347. The number of β-lactam (4-membered cyclic amide) rings is 1. The van der Waals surface area contributed by atoms with E-state index in [1.807, 2.05) is 42.2 Å². The summed E-state index contributed by atoms with van der Waals surface area (Å²) >= 11 is 0. The first-order valence-electron chi connectivity index (χ1n) is 7.86. The smallest absolute Gasteiger partial charge is 0.243 e. The van der Waals surface area contributed by atoms with Gasteiger partial charge in [0, 0.05) is 12.6 Å². The first kappa shape index (κ1) is 14.1. The number of hydrogen-bond donors (Lipinski definition) is 1. The third-order valence-electron chi connectivity index (χ3n) is 4.74. The molecule has 0 aromatic heterocycles. The van der Waals surface area contributed by atoms with Crippen LogP contribution in [-0.2, 0) is 16.1 Å². The average molecular weight is 286 g/mol. The highest BCUT2D eigenvalue weighted by Gasteiger charge is 2.53. The molecule has 1 aliphatic heterocycles. The Balaban J connectivity index is 1.61. The molecule has 1 unspecified atom stereocenters. The summed E-state index contributed by atoms with van der Waals surface area (Å²) < 4.78 is 0. The molecule has 0 bridgehead atoms. The number of rotatable bonds is 5. The van der Waals surface area contributed by atoms with E-state index in [4.69, 9.17) is 0 Å². The minimum Gasteiger partial charge on any atom is -0.350 e. The highest BCUT2D eigenvalue weighted by Crippen LogP contribution is 2.41. The normalized spacial score (nSPS) is 25.2. The van der Waals surface area contributed by atoms with Crippen LogP contribution in [0.15, 0.2) is 30.3 Å². The largest absolute Gasteiger partial charge is 0.350 e. The third-order valence-corrected chi connectivity index (χ3v) is 4.74. The fourth-order valence-electron chi connectivity index (χ4n) is 3.63. The minimum absolute atomic E-state index is 0.0277. The molecular formula is C17H22N2O2. The predicted octanol–water partition coefficient (Wildman–Crippen LogP) is 2.09. The van der Waals surface area contributed by atoms with Crippen molar-refractivity contribution in [1.82, 2.24) is 10.2 Å². The van der Waals surface area contributed by atoms with Crippen molar-refractivity contribution in [1.29, 1.82) is 0 Å². The first-order chi connectivity index (χ1) is 10.2. The van der Waals surface area contributed by atoms with E-state index in [2.05, 4.69) is 5.32 Å². The van der Waals surface area contributed by atoms with Gasteiger partial charge in [0.05, 0.1) is 5.92 Å². The topological polar surface area (TPSA) is 49.4 Å². The molecule has 1 aliphatic carbocycles. The second-order valence-corrected chi connectivity index (χ2v) is 5.98. The van der Waals surface area contributed by atoms with Crippen LogP contribution in [0.4, 0.5) is 0 Å². The maximum Gasteiger partial charge on any atom is 0.243 e. The summed E-state index contributed by atoms with van der Waals surface area (Å²) in [6.07, 6.45) is 3.84. The fourth-order valence-corrected chi connectivity index (χ4v) is 3.63. The highest BCUT2D eigenvalue weighted by atomic mass is 16.2. The Labute approximate surface area is 125 Å². The lowest BCUT2D eigenvalue weighted by molar-refractivity contribution is -0.162. The number of carbonyl (C=O) groups is 2. The molecule has 4 nitrogen and oxygen atoms in total. The first-order valence-corrected chi connectivity index (χ1v) is 7.86. The summed E-state index contributed by atoms with van der Waals surface area (Å²) in [5.41, 5.74) is 1.08. The van der Waals surface area contributed by atoms with Crippen LogP contribution in [0.1, 0.15) is 38.2 Å². The molecule has 2 fully saturated rings. The molecule has 1 N–H and O–H groups in total. The quantitative estimate of drug-likeness (QED) is 0.843. The Morgan fingerprint density at radius 3 is 2.81 bits per heavy atom. The lowest BCUT2D eigenvalue weighted by Crippen LogP contribution is -2.65. The average Bonchev–Trinajstić information content (AvgIpc) is 2.95. The molecule has 1 saturated heterocycles. The van der Waals surface area contributed by atoms with Crippen molar-refractivity contribution in [3.63, 3.8) is 0 Å². The van der Waals surface area contributed by atoms with E-state index in [0.717, 1.165) is 24.8 Å². The van der Waals surface area contributed by atoms with Crippen molar-refractivity contribution < 1.29 is 9.59 Å². The number of nitrogens with one attached hydrogen (secondary N) is 1. The lowest BCUT2D eigenvalue weighted by atomic mass is 9.87. The van der Waals surface area contributed by atoms with Crippen molar-refractivity contribution in [2.45, 2.75) is 51.2 Å². The minimum atomic E-state index is -0.305. The van der Waals surface area contributed by atoms with Crippen molar-refractivity contribution in [3.05, 3.63) is 35.9 Å². The fraction of sp³-hybridized carbons (Fsp3) is 0.529. The Kier molecular flexibility index (Phi) is 3.95. The van der Waals surface area contributed by atoms with E-state index in [-0.39, 0.29) is 23.8 Å². The van der Waals surface area contributed by atoms with Gasteiger partial charge in [-0.3, -0.25) is 9.59 Å². The maximum absolute atomic E-state index is 12.4. The van der Waals surface area contributed by atoms with Gasteiger partial charge in [-0.25, -0.2) is 0 Å². The van der Waals surface area contributed by atoms with Gasteiger partial charge in [0.25, 0.3) is 0 Å². The molecule has 0 spiro atoms. The highest BCUT2D eigenvalue weighted by molar-refractivity contribution is 5.93. The molecule has 3 atom stereocenters. The Morgan fingerprint density at radius 2 is 2.10 bits per heavy atom. The number of carbonyl (C=O) groups excluding carboxylic acids is 2.